The van der Waals surface area contributed by atoms with Crippen molar-refractivity contribution in [3.63, 3.8) is 0 Å². The van der Waals surface area contributed by atoms with E-state index >= 15 is 0 Å². The molecule has 2 rings (SSSR count). The molecule has 1 N–H and O–H groups in total. The van der Waals surface area contributed by atoms with Crippen LogP contribution in [-0.4, -0.2) is 15.1 Å². The third-order valence-electron chi connectivity index (χ3n) is 2.04. The summed E-state index contributed by atoms with van der Waals surface area (Å²) in [4.78, 5) is 7.55. The van der Waals surface area contributed by atoms with Crippen molar-refractivity contribution >= 4 is 0 Å². The first kappa shape index (κ1) is 9.73. The molecular formula is C11H9FN2O. The topological polar surface area (TPSA) is 46.0 Å². The highest BCUT2D eigenvalue weighted by atomic mass is 19.1. The van der Waals surface area contributed by atoms with E-state index in [0.717, 1.165) is 6.20 Å². The van der Waals surface area contributed by atoms with Gasteiger partial charge in [0.15, 0.2) is 0 Å². The molecular weight excluding hydrogens is 195 g/mol. The summed E-state index contributed by atoms with van der Waals surface area (Å²) < 4.78 is 12.9. The Morgan fingerprint density at radius 2 is 1.93 bits per heavy atom. The van der Waals surface area contributed by atoms with Crippen LogP contribution in [0.4, 0.5) is 4.39 Å². The molecule has 0 fully saturated rings. The van der Waals surface area contributed by atoms with Crippen LogP contribution < -0.4 is 0 Å². The van der Waals surface area contributed by atoms with Crippen LogP contribution in [0.2, 0.25) is 0 Å². The van der Waals surface area contributed by atoms with Gasteiger partial charge in [-0.1, -0.05) is 6.07 Å². The first-order valence-electron chi connectivity index (χ1n) is 4.46. The van der Waals surface area contributed by atoms with Crippen molar-refractivity contribution in [2.75, 3.05) is 0 Å². The number of halogens is 1. The number of aromatic nitrogens is 2. The molecule has 15 heavy (non-hydrogen) atoms. The van der Waals surface area contributed by atoms with Gasteiger partial charge in [0.25, 0.3) is 0 Å². The molecule has 2 heterocycles. The fraction of sp³-hybridized carbons (Fsp3) is 0.0909. The molecule has 0 aliphatic heterocycles. The zero-order valence-electron chi connectivity index (χ0n) is 7.84. The Bertz CT molecular complexity index is 447. The summed E-state index contributed by atoms with van der Waals surface area (Å²) in [5, 5.41) is 9.87. The third-order valence-corrected chi connectivity index (χ3v) is 2.04. The lowest BCUT2D eigenvalue weighted by atomic mass is 10.1. The van der Waals surface area contributed by atoms with Gasteiger partial charge in [0.1, 0.15) is 11.9 Å². The smallest absolute Gasteiger partial charge is 0.141 e. The Labute approximate surface area is 86.3 Å². The monoisotopic (exact) mass is 204 g/mol. The van der Waals surface area contributed by atoms with Crippen LogP contribution in [0.1, 0.15) is 17.2 Å². The zero-order valence-corrected chi connectivity index (χ0v) is 7.84. The van der Waals surface area contributed by atoms with Gasteiger partial charge in [-0.3, -0.25) is 9.97 Å². The molecule has 0 saturated heterocycles. The van der Waals surface area contributed by atoms with Gasteiger partial charge in [0, 0.05) is 29.7 Å². The fourth-order valence-electron chi connectivity index (χ4n) is 1.31. The second kappa shape index (κ2) is 4.14. The average Bonchev–Trinajstić information content (AvgIpc) is 2.29. The minimum absolute atomic E-state index is 0.419. The van der Waals surface area contributed by atoms with Gasteiger partial charge in [0.2, 0.25) is 0 Å². The highest BCUT2D eigenvalue weighted by Gasteiger charge is 2.11. The molecule has 1 atom stereocenters. The van der Waals surface area contributed by atoms with Crippen molar-refractivity contribution in [2.24, 2.45) is 0 Å². The standard InChI is InChI=1S/C11H9FN2O/c12-10-4-9(6-14-7-10)11(15)8-2-1-3-13-5-8/h1-7,11,15H. The highest BCUT2D eigenvalue weighted by molar-refractivity contribution is 5.25. The lowest BCUT2D eigenvalue weighted by Crippen LogP contribution is -2.01. The number of rotatable bonds is 2. The van der Waals surface area contributed by atoms with E-state index in [4.69, 9.17) is 0 Å². The van der Waals surface area contributed by atoms with E-state index in [2.05, 4.69) is 9.97 Å². The largest absolute Gasteiger partial charge is 0.384 e. The molecule has 76 valence electrons. The average molecular weight is 204 g/mol. The molecule has 0 bridgehead atoms. The molecule has 0 aliphatic carbocycles. The third kappa shape index (κ3) is 2.16. The van der Waals surface area contributed by atoms with Gasteiger partial charge in [-0.25, -0.2) is 4.39 Å². The first-order chi connectivity index (χ1) is 7.27. The van der Waals surface area contributed by atoms with Crippen molar-refractivity contribution in [1.29, 1.82) is 0 Å². The van der Waals surface area contributed by atoms with Gasteiger partial charge in [-0.05, 0) is 12.1 Å². The van der Waals surface area contributed by atoms with Crippen molar-refractivity contribution in [2.45, 2.75) is 6.10 Å². The summed E-state index contributed by atoms with van der Waals surface area (Å²) in [6, 6.07) is 4.69. The lowest BCUT2D eigenvalue weighted by molar-refractivity contribution is 0.219. The van der Waals surface area contributed by atoms with E-state index in [-0.39, 0.29) is 0 Å². The van der Waals surface area contributed by atoms with Gasteiger partial charge >= 0.3 is 0 Å². The number of aliphatic hydroxyl groups is 1. The van der Waals surface area contributed by atoms with Crippen molar-refractivity contribution in [3.05, 3.63) is 59.9 Å². The normalized spacial score (nSPS) is 12.4. The second-order valence-electron chi connectivity index (χ2n) is 3.13. The summed E-state index contributed by atoms with van der Waals surface area (Å²) in [7, 11) is 0. The summed E-state index contributed by atoms with van der Waals surface area (Å²) in [5.74, 6) is -0.463. The van der Waals surface area contributed by atoms with Crippen molar-refractivity contribution < 1.29 is 9.50 Å². The molecule has 1 unspecified atom stereocenters. The van der Waals surface area contributed by atoms with Crippen LogP contribution in [0.25, 0.3) is 0 Å². The molecule has 3 nitrogen and oxygen atoms in total. The Hall–Kier alpha value is -1.81. The van der Waals surface area contributed by atoms with Crippen LogP contribution >= 0.6 is 0 Å². The van der Waals surface area contributed by atoms with Gasteiger partial charge in [-0.15, -0.1) is 0 Å². The van der Waals surface area contributed by atoms with E-state index in [0.29, 0.717) is 11.1 Å². The van der Waals surface area contributed by atoms with Gasteiger partial charge < -0.3 is 5.11 Å². The molecule has 0 saturated carbocycles. The maximum absolute atomic E-state index is 12.9. The summed E-state index contributed by atoms with van der Waals surface area (Å²) in [5.41, 5.74) is 1.04. The predicted octanol–water partition coefficient (Wildman–Crippen LogP) is 1.70. The Balaban J connectivity index is 2.32. The van der Waals surface area contributed by atoms with Crippen LogP contribution in [0.3, 0.4) is 0 Å². The quantitative estimate of drug-likeness (QED) is 0.809. The first-order valence-corrected chi connectivity index (χ1v) is 4.46. The number of hydrogen-bond acceptors (Lipinski definition) is 3. The molecule has 0 radical (unpaired) electrons. The SMILES string of the molecule is OC(c1cccnc1)c1cncc(F)c1. The molecule has 0 aliphatic rings. The second-order valence-corrected chi connectivity index (χ2v) is 3.13. The van der Waals surface area contributed by atoms with E-state index in [1.54, 1.807) is 18.3 Å². The molecule has 0 amide bonds. The van der Waals surface area contributed by atoms with Crippen LogP contribution in [0.15, 0.2) is 43.0 Å². The maximum Gasteiger partial charge on any atom is 0.141 e. The molecule has 0 aromatic carbocycles. The Morgan fingerprint density at radius 1 is 1.13 bits per heavy atom. The minimum atomic E-state index is -0.887. The summed E-state index contributed by atoms with van der Waals surface area (Å²) >= 11 is 0. The van der Waals surface area contributed by atoms with Crippen LogP contribution in [-0.2, 0) is 0 Å². The number of hydrogen-bond donors (Lipinski definition) is 1. The summed E-state index contributed by atoms with van der Waals surface area (Å²) in [6.45, 7) is 0. The Kier molecular flexibility index (Phi) is 2.69. The maximum atomic E-state index is 12.9. The van der Waals surface area contributed by atoms with Gasteiger partial charge in [-0.2, -0.15) is 0 Å². The van der Waals surface area contributed by atoms with E-state index in [1.165, 1.54) is 18.5 Å². The van der Waals surface area contributed by atoms with Crippen molar-refractivity contribution in [1.82, 2.24) is 9.97 Å². The minimum Gasteiger partial charge on any atom is -0.384 e. The zero-order chi connectivity index (χ0) is 10.7. The Morgan fingerprint density at radius 3 is 2.60 bits per heavy atom. The van der Waals surface area contributed by atoms with Crippen LogP contribution in [0.5, 0.6) is 0 Å². The highest BCUT2D eigenvalue weighted by Crippen LogP contribution is 2.20. The number of pyridine rings is 2. The number of aliphatic hydroxyl groups excluding tert-OH is 1. The van der Waals surface area contributed by atoms with E-state index in [9.17, 15) is 9.50 Å². The molecule has 2 aromatic rings. The number of nitrogens with zero attached hydrogens (tertiary/aromatic N) is 2. The van der Waals surface area contributed by atoms with E-state index < -0.39 is 11.9 Å². The molecule has 4 heteroatoms. The predicted molar refractivity (Wildman–Crippen MR) is 52.5 cm³/mol. The summed E-state index contributed by atoms with van der Waals surface area (Å²) in [6.07, 6.45) is 4.79. The molecule has 2 aromatic heterocycles. The fourth-order valence-corrected chi connectivity index (χ4v) is 1.31. The lowest BCUT2D eigenvalue weighted by Gasteiger charge is -2.09. The van der Waals surface area contributed by atoms with Crippen molar-refractivity contribution in [3.8, 4) is 0 Å². The van der Waals surface area contributed by atoms with Gasteiger partial charge in [0.05, 0.1) is 6.20 Å². The molecule has 0 spiro atoms. The van der Waals surface area contributed by atoms with E-state index in [1.807, 2.05) is 0 Å². The van der Waals surface area contributed by atoms with Crippen LogP contribution in [0, 0.1) is 5.82 Å².